The Morgan fingerprint density at radius 3 is 2.28 bits per heavy atom. The van der Waals surface area contributed by atoms with Crippen LogP contribution in [0, 0.1) is 5.92 Å². The summed E-state index contributed by atoms with van der Waals surface area (Å²) in [6.07, 6.45) is 3.77. The molecular weight excluding hydrogens is 222 g/mol. The van der Waals surface area contributed by atoms with Gasteiger partial charge in [-0.25, -0.2) is 0 Å². The molecule has 0 bridgehead atoms. The molecule has 108 valence electrons. The lowest BCUT2D eigenvalue weighted by Gasteiger charge is -2.41. The Hall–Kier alpha value is -0.120. The summed E-state index contributed by atoms with van der Waals surface area (Å²) < 4.78 is 0. The van der Waals surface area contributed by atoms with Gasteiger partial charge in [0, 0.05) is 31.2 Å². The molecule has 0 aromatic rings. The number of nitrogens with zero attached hydrogens (tertiary/aromatic N) is 2. The summed E-state index contributed by atoms with van der Waals surface area (Å²) in [7, 11) is 2.23. The first-order valence-electron chi connectivity index (χ1n) is 7.68. The maximum atomic E-state index is 6.16. The molecule has 0 aromatic carbocycles. The minimum Gasteiger partial charge on any atom is -0.329 e. The average Bonchev–Trinajstić information content (AvgIpc) is 2.68. The molecule has 0 saturated carbocycles. The molecule has 1 aliphatic rings. The molecular formula is C15H33N3. The summed E-state index contributed by atoms with van der Waals surface area (Å²) in [5.41, 5.74) is 6.37. The van der Waals surface area contributed by atoms with Crippen LogP contribution in [-0.4, -0.2) is 54.6 Å². The summed E-state index contributed by atoms with van der Waals surface area (Å²) >= 11 is 0. The molecule has 0 aromatic heterocycles. The van der Waals surface area contributed by atoms with Gasteiger partial charge in [-0.2, -0.15) is 0 Å². The molecule has 1 saturated heterocycles. The number of likely N-dealkylation sites (N-methyl/N-ethyl adjacent to an activating group) is 2. The van der Waals surface area contributed by atoms with Crippen LogP contribution in [0.2, 0.25) is 0 Å². The SMILES string of the molecule is CCC(CC)CN(CC)C1(CN)CC(C)N(C)C1. The Balaban J connectivity index is 2.78. The number of rotatable bonds is 7. The highest BCUT2D eigenvalue weighted by molar-refractivity contribution is 5.02. The van der Waals surface area contributed by atoms with Crippen LogP contribution in [-0.2, 0) is 0 Å². The zero-order valence-corrected chi connectivity index (χ0v) is 13.1. The quantitative estimate of drug-likeness (QED) is 0.757. The maximum absolute atomic E-state index is 6.16. The third-order valence-electron chi connectivity index (χ3n) is 5.04. The summed E-state index contributed by atoms with van der Waals surface area (Å²) in [6, 6.07) is 0.657. The van der Waals surface area contributed by atoms with Crippen LogP contribution in [0.1, 0.15) is 47.0 Å². The lowest BCUT2D eigenvalue weighted by molar-refractivity contribution is 0.0863. The Morgan fingerprint density at radius 1 is 1.33 bits per heavy atom. The predicted molar refractivity (Wildman–Crippen MR) is 79.8 cm³/mol. The van der Waals surface area contributed by atoms with E-state index < -0.39 is 0 Å². The second-order valence-electron chi connectivity index (χ2n) is 6.12. The monoisotopic (exact) mass is 255 g/mol. The molecule has 1 fully saturated rings. The fourth-order valence-corrected chi connectivity index (χ4v) is 3.41. The molecule has 2 unspecified atom stereocenters. The van der Waals surface area contributed by atoms with E-state index in [-0.39, 0.29) is 5.54 Å². The van der Waals surface area contributed by atoms with E-state index >= 15 is 0 Å². The van der Waals surface area contributed by atoms with Crippen LogP contribution in [0.15, 0.2) is 0 Å². The van der Waals surface area contributed by atoms with Crippen molar-refractivity contribution in [2.24, 2.45) is 11.7 Å². The van der Waals surface area contributed by atoms with Gasteiger partial charge in [0.1, 0.15) is 0 Å². The third kappa shape index (κ3) is 3.25. The molecule has 0 aliphatic carbocycles. The molecule has 3 heteroatoms. The molecule has 0 radical (unpaired) electrons. The van der Waals surface area contributed by atoms with Crippen LogP contribution < -0.4 is 5.73 Å². The number of nitrogens with two attached hydrogens (primary N) is 1. The van der Waals surface area contributed by atoms with Gasteiger partial charge in [-0.15, -0.1) is 0 Å². The van der Waals surface area contributed by atoms with E-state index in [0.717, 1.165) is 25.6 Å². The second kappa shape index (κ2) is 6.88. The van der Waals surface area contributed by atoms with Crippen LogP contribution in [0.4, 0.5) is 0 Å². The van der Waals surface area contributed by atoms with Crippen LogP contribution in [0.3, 0.4) is 0 Å². The minimum absolute atomic E-state index is 0.214. The van der Waals surface area contributed by atoms with Gasteiger partial charge in [0.2, 0.25) is 0 Å². The standard InChI is InChI=1S/C15H33N3/c1-6-14(7-2)10-18(8-3)15(11-16)9-13(4)17(5)12-15/h13-14H,6-12,16H2,1-5H3. The first-order valence-corrected chi connectivity index (χ1v) is 7.68. The Morgan fingerprint density at radius 2 is 1.94 bits per heavy atom. The average molecular weight is 255 g/mol. The first-order chi connectivity index (χ1) is 8.52. The number of hydrogen-bond acceptors (Lipinski definition) is 3. The van der Waals surface area contributed by atoms with E-state index in [0.29, 0.717) is 6.04 Å². The molecule has 2 N–H and O–H groups in total. The molecule has 3 nitrogen and oxygen atoms in total. The highest BCUT2D eigenvalue weighted by atomic mass is 15.3. The largest absolute Gasteiger partial charge is 0.329 e. The van der Waals surface area contributed by atoms with E-state index in [1.54, 1.807) is 0 Å². The van der Waals surface area contributed by atoms with Gasteiger partial charge in [-0.3, -0.25) is 4.90 Å². The first kappa shape index (κ1) is 15.9. The van der Waals surface area contributed by atoms with E-state index in [1.165, 1.54) is 25.8 Å². The van der Waals surface area contributed by atoms with Gasteiger partial charge in [0.25, 0.3) is 0 Å². The zero-order chi connectivity index (χ0) is 13.8. The second-order valence-corrected chi connectivity index (χ2v) is 6.12. The van der Waals surface area contributed by atoms with Crippen molar-refractivity contribution in [3.63, 3.8) is 0 Å². The van der Waals surface area contributed by atoms with Gasteiger partial charge in [0.05, 0.1) is 0 Å². The summed E-state index contributed by atoms with van der Waals surface area (Å²) in [5.74, 6) is 0.814. The smallest absolute Gasteiger partial charge is 0.0473 e. The number of likely N-dealkylation sites (tertiary alicyclic amines) is 1. The Labute approximate surface area is 114 Å². The van der Waals surface area contributed by atoms with Crippen molar-refractivity contribution in [3.05, 3.63) is 0 Å². The summed E-state index contributed by atoms with van der Waals surface area (Å²) in [5, 5.41) is 0. The maximum Gasteiger partial charge on any atom is 0.0473 e. The Kier molecular flexibility index (Phi) is 6.09. The molecule has 1 rings (SSSR count). The van der Waals surface area contributed by atoms with Gasteiger partial charge < -0.3 is 10.6 Å². The van der Waals surface area contributed by atoms with E-state index in [1.807, 2.05) is 0 Å². The zero-order valence-electron chi connectivity index (χ0n) is 13.1. The minimum atomic E-state index is 0.214. The van der Waals surface area contributed by atoms with Crippen molar-refractivity contribution >= 4 is 0 Å². The van der Waals surface area contributed by atoms with E-state index in [2.05, 4.69) is 44.5 Å². The van der Waals surface area contributed by atoms with Gasteiger partial charge in [-0.1, -0.05) is 33.6 Å². The van der Waals surface area contributed by atoms with Gasteiger partial charge in [-0.05, 0) is 32.9 Å². The van der Waals surface area contributed by atoms with Gasteiger partial charge in [0.15, 0.2) is 0 Å². The highest BCUT2D eigenvalue weighted by Crippen LogP contribution is 2.31. The highest BCUT2D eigenvalue weighted by Gasteiger charge is 2.43. The van der Waals surface area contributed by atoms with E-state index in [4.69, 9.17) is 5.73 Å². The number of hydrogen-bond donors (Lipinski definition) is 1. The van der Waals surface area contributed by atoms with Crippen molar-refractivity contribution in [1.29, 1.82) is 0 Å². The summed E-state index contributed by atoms with van der Waals surface area (Å²) in [6.45, 7) is 13.5. The van der Waals surface area contributed by atoms with Crippen molar-refractivity contribution < 1.29 is 0 Å². The third-order valence-corrected chi connectivity index (χ3v) is 5.04. The van der Waals surface area contributed by atoms with Crippen molar-refractivity contribution in [1.82, 2.24) is 9.80 Å². The van der Waals surface area contributed by atoms with Gasteiger partial charge >= 0.3 is 0 Å². The Bertz CT molecular complexity index is 228. The van der Waals surface area contributed by atoms with Crippen molar-refractivity contribution in [2.75, 3.05) is 33.2 Å². The molecule has 18 heavy (non-hydrogen) atoms. The van der Waals surface area contributed by atoms with E-state index in [9.17, 15) is 0 Å². The lowest BCUT2D eigenvalue weighted by atomic mass is 9.91. The lowest BCUT2D eigenvalue weighted by Crippen LogP contribution is -2.56. The molecule has 0 spiro atoms. The normalized spacial score (nSPS) is 29.7. The molecule has 1 aliphatic heterocycles. The fraction of sp³-hybridized carbons (Fsp3) is 1.00. The van der Waals surface area contributed by atoms with Crippen LogP contribution >= 0.6 is 0 Å². The predicted octanol–water partition coefficient (Wildman–Crippen LogP) is 2.17. The molecule has 0 amide bonds. The fourth-order valence-electron chi connectivity index (χ4n) is 3.41. The van der Waals surface area contributed by atoms with Crippen LogP contribution in [0.25, 0.3) is 0 Å². The van der Waals surface area contributed by atoms with Crippen molar-refractivity contribution in [2.45, 2.75) is 58.5 Å². The summed E-state index contributed by atoms with van der Waals surface area (Å²) in [4.78, 5) is 5.12. The van der Waals surface area contributed by atoms with Crippen LogP contribution in [0.5, 0.6) is 0 Å². The molecule has 1 heterocycles. The topological polar surface area (TPSA) is 32.5 Å². The van der Waals surface area contributed by atoms with Crippen molar-refractivity contribution in [3.8, 4) is 0 Å². The molecule has 2 atom stereocenters.